The van der Waals surface area contributed by atoms with Gasteiger partial charge in [-0.3, -0.25) is 9.89 Å². The SMILES string of the molecule is COc1ccc(OC)c(/C=N\n2c(=O)cn[nH]c2=S)c1. The number of hydrogen-bond donors (Lipinski definition) is 1. The van der Waals surface area contributed by atoms with Crippen LogP contribution >= 0.6 is 12.2 Å². The van der Waals surface area contributed by atoms with E-state index in [-0.39, 0.29) is 4.77 Å². The molecule has 0 saturated heterocycles. The highest BCUT2D eigenvalue weighted by molar-refractivity contribution is 7.71. The van der Waals surface area contributed by atoms with E-state index in [0.29, 0.717) is 17.1 Å². The lowest BCUT2D eigenvalue weighted by atomic mass is 10.2. The summed E-state index contributed by atoms with van der Waals surface area (Å²) in [5.74, 6) is 1.26. The Balaban J connectivity index is 2.45. The summed E-state index contributed by atoms with van der Waals surface area (Å²) < 4.78 is 11.5. The fourth-order valence-electron chi connectivity index (χ4n) is 1.51. The summed E-state index contributed by atoms with van der Waals surface area (Å²) in [6.45, 7) is 0. The van der Waals surface area contributed by atoms with Crippen LogP contribution in [0.2, 0.25) is 0 Å². The Kier molecular flexibility index (Phi) is 4.26. The van der Waals surface area contributed by atoms with E-state index in [1.54, 1.807) is 32.4 Å². The normalized spacial score (nSPS) is 10.7. The van der Waals surface area contributed by atoms with Crippen molar-refractivity contribution in [1.82, 2.24) is 14.9 Å². The third-order valence-corrected chi connectivity index (χ3v) is 2.75. The van der Waals surface area contributed by atoms with Gasteiger partial charge in [-0.15, -0.1) is 0 Å². The molecule has 1 aromatic heterocycles. The van der Waals surface area contributed by atoms with Crippen molar-refractivity contribution in [2.24, 2.45) is 5.10 Å². The number of hydrogen-bond acceptors (Lipinski definition) is 6. The molecule has 0 aliphatic heterocycles. The molecule has 7 nitrogen and oxygen atoms in total. The van der Waals surface area contributed by atoms with Gasteiger partial charge in [0.15, 0.2) is 0 Å². The molecule has 0 unspecified atom stereocenters. The minimum Gasteiger partial charge on any atom is -0.497 e. The van der Waals surface area contributed by atoms with Gasteiger partial charge in [0.1, 0.15) is 17.7 Å². The molecule has 1 N–H and O–H groups in total. The van der Waals surface area contributed by atoms with Gasteiger partial charge in [0, 0.05) is 5.56 Å². The molecule has 0 spiro atoms. The summed E-state index contributed by atoms with van der Waals surface area (Å²) >= 11 is 4.94. The van der Waals surface area contributed by atoms with Crippen molar-refractivity contribution >= 4 is 18.4 Å². The van der Waals surface area contributed by atoms with Crippen molar-refractivity contribution in [3.05, 3.63) is 45.1 Å². The standard InChI is InChI=1S/C12H12N4O3S/c1-18-9-3-4-10(19-2)8(5-9)6-14-16-11(17)7-13-15-12(16)20/h3-7H,1-2H3,(H,15,20)/b14-6-. The number of aromatic nitrogens is 3. The Hall–Kier alpha value is -2.48. The minimum atomic E-state index is -0.424. The largest absolute Gasteiger partial charge is 0.497 e. The molecule has 8 heteroatoms. The fraction of sp³-hybridized carbons (Fsp3) is 0.167. The Morgan fingerprint density at radius 1 is 1.40 bits per heavy atom. The molecule has 0 bridgehead atoms. The average Bonchev–Trinajstić information content (AvgIpc) is 2.46. The molecule has 0 radical (unpaired) electrons. The van der Waals surface area contributed by atoms with E-state index in [1.807, 2.05) is 0 Å². The van der Waals surface area contributed by atoms with E-state index in [1.165, 1.54) is 6.21 Å². The van der Waals surface area contributed by atoms with Crippen LogP contribution in [-0.4, -0.2) is 35.3 Å². The number of ether oxygens (including phenoxy) is 2. The zero-order valence-electron chi connectivity index (χ0n) is 10.9. The van der Waals surface area contributed by atoms with Gasteiger partial charge >= 0.3 is 0 Å². The van der Waals surface area contributed by atoms with Gasteiger partial charge in [-0.25, -0.2) is 0 Å². The van der Waals surface area contributed by atoms with Crippen LogP contribution < -0.4 is 15.0 Å². The number of methoxy groups -OCH3 is 2. The zero-order valence-corrected chi connectivity index (χ0v) is 11.7. The molecule has 1 heterocycles. The van der Waals surface area contributed by atoms with E-state index in [0.717, 1.165) is 10.9 Å². The second-order valence-electron chi connectivity index (χ2n) is 3.68. The minimum absolute atomic E-state index is 0.107. The third-order valence-electron chi connectivity index (χ3n) is 2.49. The quantitative estimate of drug-likeness (QED) is 0.676. The summed E-state index contributed by atoms with van der Waals surface area (Å²) in [5.41, 5.74) is 0.233. The zero-order chi connectivity index (χ0) is 14.5. The highest BCUT2D eigenvalue weighted by Crippen LogP contribution is 2.22. The first-order valence-electron chi connectivity index (χ1n) is 5.59. The lowest BCUT2D eigenvalue weighted by molar-refractivity contribution is 0.402. The number of H-pyrrole nitrogens is 1. The first-order valence-corrected chi connectivity index (χ1v) is 5.99. The van der Waals surface area contributed by atoms with Gasteiger partial charge in [0.25, 0.3) is 5.56 Å². The predicted octanol–water partition coefficient (Wildman–Crippen LogP) is 1.20. The van der Waals surface area contributed by atoms with E-state index < -0.39 is 5.56 Å². The molecule has 0 aliphatic carbocycles. The first kappa shape index (κ1) is 13.9. The number of rotatable bonds is 4. The van der Waals surface area contributed by atoms with Gasteiger partial charge in [0.05, 0.1) is 20.4 Å². The molecule has 20 heavy (non-hydrogen) atoms. The maximum Gasteiger partial charge on any atom is 0.293 e. The van der Waals surface area contributed by atoms with E-state index >= 15 is 0 Å². The lowest BCUT2D eigenvalue weighted by Crippen LogP contribution is -2.18. The second kappa shape index (κ2) is 6.11. The maximum absolute atomic E-state index is 11.6. The van der Waals surface area contributed by atoms with Crippen LogP contribution in [-0.2, 0) is 0 Å². The lowest BCUT2D eigenvalue weighted by Gasteiger charge is -2.06. The van der Waals surface area contributed by atoms with Crippen molar-refractivity contribution in [2.75, 3.05) is 14.2 Å². The monoisotopic (exact) mass is 292 g/mol. The molecule has 2 aromatic rings. The molecule has 1 aromatic carbocycles. The smallest absolute Gasteiger partial charge is 0.293 e. The van der Waals surface area contributed by atoms with Crippen LogP contribution in [0.5, 0.6) is 11.5 Å². The van der Waals surface area contributed by atoms with Crippen LogP contribution in [0.25, 0.3) is 0 Å². The highest BCUT2D eigenvalue weighted by atomic mass is 32.1. The second-order valence-corrected chi connectivity index (χ2v) is 4.06. The summed E-state index contributed by atoms with van der Waals surface area (Å²) in [6.07, 6.45) is 2.56. The molecular weight excluding hydrogens is 280 g/mol. The Labute approximate surface area is 119 Å². The molecule has 2 rings (SSSR count). The Bertz CT molecular complexity index is 723. The predicted molar refractivity (Wildman–Crippen MR) is 76.2 cm³/mol. The molecule has 0 amide bonds. The maximum atomic E-state index is 11.6. The number of nitrogens with zero attached hydrogens (tertiary/aromatic N) is 3. The third kappa shape index (κ3) is 2.91. The van der Waals surface area contributed by atoms with Crippen LogP contribution in [0, 0.1) is 4.77 Å². The van der Waals surface area contributed by atoms with Gasteiger partial charge in [0.2, 0.25) is 4.77 Å². The Morgan fingerprint density at radius 2 is 2.20 bits per heavy atom. The molecule has 104 valence electrons. The van der Waals surface area contributed by atoms with Gasteiger partial charge < -0.3 is 9.47 Å². The van der Waals surface area contributed by atoms with Crippen LogP contribution in [0.1, 0.15) is 5.56 Å². The molecule has 0 fully saturated rings. The first-order chi connectivity index (χ1) is 9.65. The van der Waals surface area contributed by atoms with Crippen molar-refractivity contribution in [3.63, 3.8) is 0 Å². The van der Waals surface area contributed by atoms with Crippen LogP contribution in [0.4, 0.5) is 0 Å². The summed E-state index contributed by atoms with van der Waals surface area (Å²) in [7, 11) is 3.11. The highest BCUT2D eigenvalue weighted by Gasteiger charge is 2.03. The molecule has 0 atom stereocenters. The number of benzene rings is 1. The van der Waals surface area contributed by atoms with E-state index in [4.69, 9.17) is 21.7 Å². The summed E-state index contributed by atoms with van der Waals surface area (Å²) in [5, 5.41) is 10.1. The molecule has 0 aliphatic rings. The van der Waals surface area contributed by atoms with E-state index in [2.05, 4.69) is 15.3 Å². The van der Waals surface area contributed by atoms with Gasteiger partial charge in [-0.1, -0.05) is 0 Å². The number of aromatic amines is 1. The van der Waals surface area contributed by atoms with Crippen molar-refractivity contribution in [3.8, 4) is 11.5 Å². The van der Waals surface area contributed by atoms with Gasteiger partial charge in [-0.2, -0.15) is 14.9 Å². The summed E-state index contributed by atoms with van der Waals surface area (Å²) in [4.78, 5) is 11.6. The van der Waals surface area contributed by atoms with E-state index in [9.17, 15) is 4.79 Å². The molecule has 0 saturated carbocycles. The van der Waals surface area contributed by atoms with Crippen LogP contribution in [0.3, 0.4) is 0 Å². The fourth-order valence-corrected chi connectivity index (χ4v) is 1.70. The average molecular weight is 292 g/mol. The van der Waals surface area contributed by atoms with Crippen LogP contribution in [0.15, 0.2) is 34.3 Å². The van der Waals surface area contributed by atoms with Crippen molar-refractivity contribution < 1.29 is 9.47 Å². The topological polar surface area (TPSA) is 81.5 Å². The summed E-state index contributed by atoms with van der Waals surface area (Å²) in [6, 6.07) is 5.25. The Morgan fingerprint density at radius 3 is 2.85 bits per heavy atom. The van der Waals surface area contributed by atoms with Crippen molar-refractivity contribution in [2.45, 2.75) is 0 Å². The van der Waals surface area contributed by atoms with Crippen molar-refractivity contribution in [1.29, 1.82) is 0 Å². The molecular formula is C12H12N4O3S. The van der Waals surface area contributed by atoms with Gasteiger partial charge in [-0.05, 0) is 30.4 Å². The number of nitrogens with one attached hydrogen (secondary N) is 1.